The van der Waals surface area contributed by atoms with Crippen molar-refractivity contribution in [2.75, 3.05) is 0 Å². The number of halogens is 1. The minimum atomic E-state index is -0.0267. The highest BCUT2D eigenvalue weighted by atomic mass is 35.5. The fraction of sp³-hybridized carbons (Fsp3) is 0.519. The van der Waals surface area contributed by atoms with Crippen molar-refractivity contribution >= 4 is 22.6 Å². The van der Waals surface area contributed by atoms with E-state index in [2.05, 4.69) is 16.9 Å². The van der Waals surface area contributed by atoms with Crippen LogP contribution in [0.15, 0.2) is 41.3 Å². The second-order valence-electron chi connectivity index (χ2n) is 9.29. The quantitative estimate of drug-likeness (QED) is 0.403. The first-order chi connectivity index (χ1) is 15.6. The van der Waals surface area contributed by atoms with Crippen molar-refractivity contribution in [3.05, 3.63) is 57.7 Å². The summed E-state index contributed by atoms with van der Waals surface area (Å²) in [5.74, 6) is 1.78. The number of rotatable bonds is 5. The van der Waals surface area contributed by atoms with Gasteiger partial charge in [0.1, 0.15) is 11.5 Å². The summed E-state index contributed by atoms with van der Waals surface area (Å²) in [6, 6.07) is 9.50. The Labute approximate surface area is 196 Å². The molecule has 2 fully saturated rings. The van der Waals surface area contributed by atoms with E-state index in [9.17, 15) is 4.79 Å². The van der Waals surface area contributed by atoms with Crippen molar-refractivity contribution in [3.8, 4) is 11.1 Å². The van der Waals surface area contributed by atoms with Crippen LogP contribution in [-0.2, 0) is 0 Å². The minimum absolute atomic E-state index is 0.0267. The van der Waals surface area contributed by atoms with Crippen molar-refractivity contribution < 1.29 is 0 Å². The lowest BCUT2D eigenvalue weighted by Gasteiger charge is -2.20. The van der Waals surface area contributed by atoms with E-state index in [-0.39, 0.29) is 11.6 Å². The maximum absolute atomic E-state index is 13.0. The van der Waals surface area contributed by atoms with Crippen LogP contribution in [0.5, 0.6) is 0 Å². The molecule has 0 atom stereocenters. The van der Waals surface area contributed by atoms with Crippen LogP contribution in [-0.4, -0.2) is 14.5 Å². The molecular weight excluding hydrogens is 418 g/mol. The molecule has 0 spiro atoms. The molecular formula is C27H34ClN3O. The van der Waals surface area contributed by atoms with Crippen molar-refractivity contribution in [2.24, 2.45) is 5.92 Å². The Morgan fingerprint density at radius 2 is 1.81 bits per heavy atom. The molecule has 1 aromatic carbocycles. The van der Waals surface area contributed by atoms with Gasteiger partial charge < -0.3 is 0 Å². The van der Waals surface area contributed by atoms with Gasteiger partial charge in [0.05, 0.1) is 0 Å². The van der Waals surface area contributed by atoms with E-state index in [4.69, 9.17) is 11.6 Å². The summed E-state index contributed by atoms with van der Waals surface area (Å²) < 4.78 is 1.81. The maximum atomic E-state index is 13.0. The van der Waals surface area contributed by atoms with Gasteiger partial charge in [-0.3, -0.25) is 9.36 Å². The fourth-order valence-corrected chi connectivity index (χ4v) is 4.96. The summed E-state index contributed by atoms with van der Waals surface area (Å²) in [4.78, 5) is 21.7. The van der Waals surface area contributed by atoms with Gasteiger partial charge in [-0.25, -0.2) is 9.97 Å². The van der Waals surface area contributed by atoms with Gasteiger partial charge in [0.25, 0.3) is 5.56 Å². The van der Waals surface area contributed by atoms with Crippen molar-refractivity contribution in [1.82, 2.24) is 14.5 Å². The Bertz CT molecular complexity index is 1110. The number of hydrogen-bond acceptors (Lipinski definition) is 3. The zero-order valence-corrected chi connectivity index (χ0v) is 20.1. The molecule has 2 aliphatic carbocycles. The van der Waals surface area contributed by atoms with Gasteiger partial charge in [-0.05, 0) is 37.8 Å². The Hall–Kier alpha value is -2.20. The Morgan fingerprint density at radius 3 is 2.50 bits per heavy atom. The van der Waals surface area contributed by atoms with Gasteiger partial charge in [0.2, 0.25) is 0 Å². The van der Waals surface area contributed by atoms with Crippen molar-refractivity contribution in [2.45, 2.75) is 84.1 Å². The van der Waals surface area contributed by atoms with Crippen LogP contribution < -0.4 is 5.56 Å². The second-order valence-corrected chi connectivity index (χ2v) is 9.69. The average Bonchev–Trinajstić information content (AvgIpc) is 3.64. The fourth-order valence-electron chi connectivity index (χ4n) is 4.72. The average molecular weight is 452 g/mol. The zero-order chi connectivity index (χ0) is 22.5. The molecule has 32 heavy (non-hydrogen) atoms. The summed E-state index contributed by atoms with van der Waals surface area (Å²) in [6.07, 6.45) is 15.7. The lowest BCUT2D eigenvalue weighted by Crippen LogP contribution is -2.22. The van der Waals surface area contributed by atoms with Gasteiger partial charge in [-0.15, -0.1) is 0 Å². The molecule has 2 saturated carbocycles. The summed E-state index contributed by atoms with van der Waals surface area (Å²) in [5, 5.41) is 1.45. The third-order valence-electron chi connectivity index (χ3n) is 6.66. The second kappa shape index (κ2) is 10.6. The lowest BCUT2D eigenvalue weighted by molar-refractivity contribution is 0.331. The van der Waals surface area contributed by atoms with Crippen LogP contribution in [0.25, 0.3) is 22.2 Å². The Kier molecular flexibility index (Phi) is 7.62. The minimum Gasteiger partial charge on any atom is -0.289 e. The van der Waals surface area contributed by atoms with Gasteiger partial charge in [0.15, 0.2) is 0 Å². The van der Waals surface area contributed by atoms with Crippen molar-refractivity contribution in [3.63, 3.8) is 0 Å². The normalized spacial score (nSPS) is 16.6. The molecule has 0 amide bonds. The van der Waals surface area contributed by atoms with Crippen molar-refractivity contribution in [1.29, 1.82) is 0 Å². The molecule has 170 valence electrons. The summed E-state index contributed by atoms with van der Waals surface area (Å²) >= 11 is 6.28. The molecule has 0 N–H and O–H groups in total. The molecule has 0 unspecified atom stereocenters. The van der Waals surface area contributed by atoms with E-state index >= 15 is 0 Å². The van der Waals surface area contributed by atoms with Crippen LogP contribution in [0.1, 0.15) is 83.0 Å². The number of nitrogens with zero attached hydrogens (tertiary/aromatic N) is 3. The highest BCUT2D eigenvalue weighted by molar-refractivity contribution is 6.33. The number of benzene rings is 1. The van der Waals surface area contributed by atoms with Crippen LogP contribution in [0.2, 0.25) is 5.02 Å². The van der Waals surface area contributed by atoms with Crippen LogP contribution in [0, 0.1) is 12.8 Å². The molecule has 0 aliphatic heterocycles. The first-order valence-corrected chi connectivity index (χ1v) is 12.6. The molecule has 0 saturated heterocycles. The first kappa shape index (κ1) is 23.0. The smallest absolute Gasteiger partial charge is 0.260 e. The Morgan fingerprint density at radius 1 is 1.06 bits per heavy atom. The van der Waals surface area contributed by atoms with E-state index < -0.39 is 0 Å². The molecule has 5 heteroatoms. The molecule has 3 aromatic rings. The van der Waals surface area contributed by atoms with E-state index in [0.29, 0.717) is 16.4 Å². The molecule has 0 bridgehead atoms. The van der Waals surface area contributed by atoms with Gasteiger partial charge in [-0.2, -0.15) is 0 Å². The van der Waals surface area contributed by atoms with Gasteiger partial charge >= 0.3 is 0 Å². The van der Waals surface area contributed by atoms with E-state index in [1.165, 1.54) is 51.4 Å². The molecule has 4 nitrogen and oxygen atoms in total. The third-order valence-corrected chi connectivity index (χ3v) is 6.99. The summed E-state index contributed by atoms with van der Waals surface area (Å²) in [6.45, 7) is 4.13. The van der Waals surface area contributed by atoms with E-state index in [1.807, 2.05) is 35.8 Å². The predicted molar refractivity (Wildman–Crippen MR) is 133 cm³/mol. The highest BCUT2D eigenvalue weighted by Crippen LogP contribution is 2.37. The molecule has 5 rings (SSSR count). The van der Waals surface area contributed by atoms with Crippen LogP contribution >= 0.6 is 11.6 Å². The third kappa shape index (κ3) is 5.40. The van der Waals surface area contributed by atoms with E-state index in [1.54, 1.807) is 12.3 Å². The number of hydrogen-bond donors (Lipinski definition) is 0. The summed E-state index contributed by atoms with van der Waals surface area (Å²) in [7, 11) is 0. The number of aryl methyl sites for hydroxylation is 1. The van der Waals surface area contributed by atoms with Gasteiger partial charge in [-0.1, -0.05) is 88.1 Å². The highest BCUT2D eigenvalue weighted by Gasteiger charge is 2.28. The molecule has 0 radical (unpaired) electrons. The zero-order valence-electron chi connectivity index (χ0n) is 19.3. The molecule has 2 aromatic heterocycles. The maximum Gasteiger partial charge on any atom is 0.260 e. The standard InChI is InChI=1S/C17H14ClN3O.C10H20/c1-10-19-9-11-8-14(13-4-2-3-5-15(13)18)17(22)21(12-6-7-12)16(11)20-10;1-2-3-7-10-8-5-4-6-9-10/h2-5,8-9,12H,6-7H2,1H3;10H,2-9H2,1H3. The van der Waals surface area contributed by atoms with Gasteiger partial charge in [0, 0.05) is 33.8 Å². The van der Waals surface area contributed by atoms with E-state index in [0.717, 1.165) is 35.4 Å². The molecule has 2 heterocycles. The number of fused-ring (bicyclic) bond motifs is 1. The topological polar surface area (TPSA) is 47.8 Å². The molecule has 2 aliphatic rings. The number of aromatic nitrogens is 3. The SMILES string of the molecule is CCCCC1CCCCC1.Cc1ncc2cc(-c3ccccc3Cl)c(=O)n(C3CC3)c2n1. The number of unbranched alkanes of at least 4 members (excludes halogenated alkanes) is 1. The first-order valence-electron chi connectivity index (χ1n) is 12.2. The Balaban J connectivity index is 0.000000207. The number of pyridine rings is 1. The predicted octanol–water partition coefficient (Wildman–Crippen LogP) is 7.51. The monoisotopic (exact) mass is 451 g/mol. The summed E-state index contributed by atoms with van der Waals surface area (Å²) in [5.41, 5.74) is 2.06. The largest absolute Gasteiger partial charge is 0.289 e. The van der Waals surface area contributed by atoms with Crippen LogP contribution in [0.3, 0.4) is 0 Å². The lowest BCUT2D eigenvalue weighted by atomic mass is 9.86. The van der Waals surface area contributed by atoms with Crippen LogP contribution in [0.4, 0.5) is 0 Å².